The Balaban J connectivity index is 2.48. The number of benzene rings is 1. The first-order valence-electron chi connectivity index (χ1n) is 4.66. The Bertz CT molecular complexity index is 348. The van der Waals surface area contributed by atoms with Gasteiger partial charge < -0.3 is 0 Å². The fourth-order valence-electron chi connectivity index (χ4n) is 1.67. The Morgan fingerprint density at radius 1 is 1.21 bits per heavy atom. The summed E-state index contributed by atoms with van der Waals surface area (Å²) in [6.07, 6.45) is -2.41. The molecule has 0 spiro atoms. The van der Waals surface area contributed by atoms with E-state index in [2.05, 4.69) is 0 Å². The predicted octanol–water partition coefficient (Wildman–Crippen LogP) is 3.89. The molecule has 0 unspecified atom stereocenters. The van der Waals surface area contributed by atoms with Crippen molar-refractivity contribution in [3.05, 3.63) is 34.9 Å². The second kappa shape index (κ2) is 3.01. The van der Waals surface area contributed by atoms with Crippen molar-refractivity contribution >= 4 is 0 Å². The summed E-state index contributed by atoms with van der Waals surface area (Å²) in [5.74, 6) is 0.146. The normalized spacial score (nSPS) is 17.1. The molecule has 3 heteroatoms. The first kappa shape index (κ1) is 9.56. The lowest BCUT2D eigenvalue weighted by Gasteiger charge is -2.12. The zero-order valence-corrected chi connectivity index (χ0v) is 7.86. The van der Waals surface area contributed by atoms with Crippen molar-refractivity contribution in [2.75, 3.05) is 0 Å². The molecule has 0 bridgehead atoms. The van der Waals surface area contributed by atoms with Gasteiger partial charge in [-0.15, -0.1) is 0 Å². The van der Waals surface area contributed by atoms with Crippen molar-refractivity contribution < 1.29 is 13.2 Å². The second-order valence-electron chi connectivity index (χ2n) is 3.86. The van der Waals surface area contributed by atoms with Crippen molar-refractivity contribution in [3.63, 3.8) is 0 Å². The molecule has 0 radical (unpaired) electrons. The minimum atomic E-state index is -4.20. The highest BCUT2D eigenvalue weighted by Crippen LogP contribution is 2.45. The highest BCUT2D eigenvalue weighted by molar-refractivity contribution is 5.38. The van der Waals surface area contributed by atoms with E-state index in [0.717, 1.165) is 12.8 Å². The van der Waals surface area contributed by atoms with Gasteiger partial charge in [0.15, 0.2) is 0 Å². The molecule has 0 saturated heterocycles. The van der Waals surface area contributed by atoms with Gasteiger partial charge in [0, 0.05) is 0 Å². The topological polar surface area (TPSA) is 0 Å². The molecule has 14 heavy (non-hydrogen) atoms. The Morgan fingerprint density at radius 2 is 1.86 bits per heavy atom. The van der Waals surface area contributed by atoms with Gasteiger partial charge in [-0.3, -0.25) is 0 Å². The molecule has 0 aromatic heterocycles. The maximum atomic E-state index is 12.6. The van der Waals surface area contributed by atoms with Gasteiger partial charge in [0.25, 0.3) is 0 Å². The van der Waals surface area contributed by atoms with E-state index < -0.39 is 11.7 Å². The monoisotopic (exact) mass is 200 g/mol. The highest BCUT2D eigenvalue weighted by Gasteiger charge is 2.37. The van der Waals surface area contributed by atoms with E-state index in [0.29, 0.717) is 11.1 Å². The first-order valence-corrected chi connectivity index (χ1v) is 4.66. The van der Waals surface area contributed by atoms with Crippen LogP contribution in [0.2, 0.25) is 0 Å². The van der Waals surface area contributed by atoms with Gasteiger partial charge >= 0.3 is 6.18 Å². The molecular formula is C11H11F3. The fourth-order valence-corrected chi connectivity index (χ4v) is 1.67. The predicted molar refractivity (Wildman–Crippen MR) is 48.2 cm³/mol. The second-order valence-corrected chi connectivity index (χ2v) is 3.86. The number of aryl methyl sites for hydroxylation is 1. The van der Waals surface area contributed by atoms with Gasteiger partial charge in [-0.1, -0.05) is 17.7 Å². The number of hydrogen-bond donors (Lipinski definition) is 0. The molecule has 1 aromatic carbocycles. The summed E-state index contributed by atoms with van der Waals surface area (Å²) in [5.41, 5.74) is 0.699. The van der Waals surface area contributed by atoms with E-state index in [1.165, 1.54) is 6.07 Å². The molecule has 1 aliphatic carbocycles. The summed E-state index contributed by atoms with van der Waals surface area (Å²) >= 11 is 0. The molecule has 1 saturated carbocycles. The van der Waals surface area contributed by atoms with Crippen LogP contribution in [0.15, 0.2) is 18.2 Å². The number of rotatable bonds is 1. The smallest absolute Gasteiger partial charge is 0.166 e. The first-order chi connectivity index (χ1) is 6.48. The van der Waals surface area contributed by atoms with E-state index in [1.54, 1.807) is 19.1 Å². The summed E-state index contributed by atoms with van der Waals surface area (Å²) in [5, 5.41) is 0. The largest absolute Gasteiger partial charge is 0.416 e. The zero-order chi connectivity index (χ0) is 10.3. The number of halogens is 3. The van der Waals surface area contributed by atoms with Gasteiger partial charge in [0.2, 0.25) is 0 Å². The van der Waals surface area contributed by atoms with E-state index in [-0.39, 0.29) is 5.92 Å². The van der Waals surface area contributed by atoms with Crippen LogP contribution >= 0.6 is 0 Å². The summed E-state index contributed by atoms with van der Waals surface area (Å²) < 4.78 is 37.8. The van der Waals surface area contributed by atoms with Crippen LogP contribution in [0.1, 0.15) is 35.4 Å². The fraction of sp³-hybridized carbons (Fsp3) is 0.455. The SMILES string of the molecule is Cc1ccc(C2CC2)c(C(F)(F)F)c1. The Morgan fingerprint density at radius 3 is 2.36 bits per heavy atom. The number of alkyl halides is 3. The molecule has 1 aliphatic rings. The van der Waals surface area contributed by atoms with Crippen LogP contribution in [0, 0.1) is 6.92 Å². The van der Waals surface area contributed by atoms with Crippen LogP contribution in [-0.2, 0) is 6.18 Å². The van der Waals surface area contributed by atoms with E-state index in [9.17, 15) is 13.2 Å². The van der Waals surface area contributed by atoms with E-state index in [1.807, 2.05) is 0 Å². The van der Waals surface area contributed by atoms with Gasteiger partial charge in [0.05, 0.1) is 5.56 Å². The van der Waals surface area contributed by atoms with Gasteiger partial charge in [0.1, 0.15) is 0 Å². The molecular weight excluding hydrogens is 189 g/mol. The minimum Gasteiger partial charge on any atom is -0.166 e. The maximum Gasteiger partial charge on any atom is 0.416 e. The van der Waals surface area contributed by atoms with Crippen molar-refractivity contribution in [1.29, 1.82) is 0 Å². The third-order valence-corrected chi connectivity index (χ3v) is 2.53. The standard InChI is InChI=1S/C11H11F3/c1-7-2-5-9(8-3-4-8)10(6-7)11(12,13)14/h2,5-6,8H,3-4H2,1H3. The molecule has 0 heterocycles. The summed E-state index contributed by atoms with van der Waals surface area (Å²) in [7, 11) is 0. The van der Waals surface area contributed by atoms with Crippen LogP contribution in [0.3, 0.4) is 0 Å². The van der Waals surface area contributed by atoms with Crippen LogP contribution in [0.4, 0.5) is 13.2 Å². The van der Waals surface area contributed by atoms with Crippen molar-refractivity contribution in [1.82, 2.24) is 0 Å². The molecule has 0 amide bonds. The van der Waals surface area contributed by atoms with Crippen LogP contribution in [-0.4, -0.2) is 0 Å². The Hall–Kier alpha value is -0.990. The van der Waals surface area contributed by atoms with Gasteiger partial charge in [-0.2, -0.15) is 13.2 Å². The highest BCUT2D eigenvalue weighted by atomic mass is 19.4. The average molecular weight is 200 g/mol. The molecule has 1 aromatic rings. The number of hydrogen-bond acceptors (Lipinski definition) is 0. The molecule has 2 rings (SSSR count). The maximum absolute atomic E-state index is 12.6. The van der Waals surface area contributed by atoms with Gasteiger partial charge in [-0.25, -0.2) is 0 Å². The zero-order valence-electron chi connectivity index (χ0n) is 7.86. The van der Waals surface area contributed by atoms with Crippen LogP contribution in [0.25, 0.3) is 0 Å². The Labute approximate surface area is 80.7 Å². The van der Waals surface area contributed by atoms with E-state index in [4.69, 9.17) is 0 Å². The van der Waals surface area contributed by atoms with Crippen molar-refractivity contribution in [3.8, 4) is 0 Å². The van der Waals surface area contributed by atoms with E-state index >= 15 is 0 Å². The van der Waals surface area contributed by atoms with Crippen LogP contribution in [0.5, 0.6) is 0 Å². The third kappa shape index (κ3) is 1.76. The summed E-state index contributed by atoms with van der Waals surface area (Å²) in [6, 6.07) is 4.62. The minimum absolute atomic E-state index is 0.146. The lowest BCUT2D eigenvalue weighted by Crippen LogP contribution is -2.08. The lowest BCUT2D eigenvalue weighted by molar-refractivity contribution is -0.138. The molecule has 0 aliphatic heterocycles. The molecule has 1 fully saturated rings. The summed E-state index contributed by atoms with van der Waals surface area (Å²) in [4.78, 5) is 0. The average Bonchev–Trinajstić information content (AvgIpc) is 2.85. The van der Waals surface area contributed by atoms with Crippen LogP contribution < -0.4 is 0 Å². The molecule has 0 atom stereocenters. The molecule has 0 N–H and O–H groups in total. The quantitative estimate of drug-likeness (QED) is 0.645. The van der Waals surface area contributed by atoms with Gasteiger partial charge in [-0.05, 0) is 37.3 Å². The van der Waals surface area contributed by atoms with Crippen molar-refractivity contribution in [2.24, 2.45) is 0 Å². The third-order valence-electron chi connectivity index (χ3n) is 2.53. The Kier molecular flexibility index (Phi) is 2.05. The molecule has 0 nitrogen and oxygen atoms in total. The van der Waals surface area contributed by atoms with Crippen molar-refractivity contribution in [2.45, 2.75) is 31.9 Å². The lowest BCUT2D eigenvalue weighted by atomic mass is 10.0. The summed E-state index contributed by atoms with van der Waals surface area (Å²) in [6.45, 7) is 1.69. The molecule has 76 valence electrons.